The largest absolute Gasteiger partial charge is 0.481 e. The van der Waals surface area contributed by atoms with Crippen LogP contribution in [0.3, 0.4) is 0 Å². The van der Waals surface area contributed by atoms with Crippen molar-refractivity contribution >= 4 is 41.5 Å². The van der Waals surface area contributed by atoms with Crippen LogP contribution >= 0.6 is 0 Å². The summed E-state index contributed by atoms with van der Waals surface area (Å²) in [4.78, 5) is 82.9. The number of carbonyl (C=O) groups excluding carboxylic acids is 5. The maximum Gasteiger partial charge on any atom is 0.322 e. The molecule has 0 aromatic carbocycles. The summed E-state index contributed by atoms with van der Waals surface area (Å²) in [5.41, 5.74) is 16.0. The van der Waals surface area contributed by atoms with Crippen LogP contribution in [0.15, 0.2) is 0 Å². The fourth-order valence-electron chi connectivity index (χ4n) is 2.94. The van der Waals surface area contributed by atoms with Crippen molar-refractivity contribution in [2.24, 2.45) is 17.2 Å². The third kappa shape index (κ3) is 13.7. The Labute approximate surface area is 211 Å². The van der Waals surface area contributed by atoms with Gasteiger partial charge in [-0.05, 0) is 32.7 Å². The number of carboxylic acid groups (broad SMARTS) is 2. The molecule has 37 heavy (non-hydrogen) atoms. The molecule has 5 amide bonds. The lowest BCUT2D eigenvalue weighted by atomic mass is 10.0. The van der Waals surface area contributed by atoms with Gasteiger partial charge < -0.3 is 53.8 Å². The summed E-state index contributed by atoms with van der Waals surface area (Å²) in [5, 5.41) is 36.2. The highest BCUT2D eigenvalue weighted by Gasteiger charge is 2.33. The lowest BCUT2D eigenvalue weighted by molar-refractivity contribution is -0.140. The SMILES string of the molecule is C[C@@H](O)[C@H](NC(=O)[C@H](CCCCN)NC(=O)[C@@H](N)CC(=O)O)C(=O)N[C@@H](CC(N)=O)C(=O)NCC(=O)O. The Hall–Kier alpha value is -3.83. The lowest BCUT2D eigenvalue weighted by Gasteiger charge is -2.27. The van der Waals surface area contributed by atoms with Gasteiger partial charge in [0.05, 0.1) is 25.0 Å². The maximum atomic E-state index is 12.9. The molecule has 0 bridgehead atoms. The number of amides is 5. The number of rotatable bonds is 18. The summed E-state index contributed by atoms with van der Waals surface area (Å²) in [6.07, 6.45) is -2.08. The zero-order chi connectivity index (χ0) is 28.7. The van der Waals surface area contributed by atoms with E-state index in [-0.39, 0.29) is 13.0 Å². The number of hydrogen-bond donors (Lipinski definition) is 10. The zero-order valence-corrected chi connectivity index (χ0v) is 20.3. The van der Waals surface area contributed by atoms with Gasteiger partial charge in [0, 0.05) is 0 Å². The molecule has 0 rings (SSSR count). The number of hydrogen-bond acceptors (Lipinski definition) is 10. The summed E-state index contributed by atoms with van der Waals surface area (Å²) in [5.74, 6) is -7.78. The Morgan fingerprint density at radius 3 is 1.86 bits per heavy atom. The highest BCUT2D eigenvalue weighted by Crippen LogP contribution is 2.05. The first-order chi connectivity index (χ1) is 17.2. The Kier molecular flexibility index (Phi) is 15.0. The third-order valence-corrected chi connectivity index (χ3v) is 4.83. The van der Waals surface area contributed by atoms with E-state index in [2.05, 4.69) is 16.0 Å². The van der Waals surface area contributed by atoms with Gasteiger partial charge in [0.2, 0.25) is 29.5 Å². The second kappa shape index (κ2) is 16.8. The number of primary amides is 1. The summed E-state index contributed by atoms with van der Waals surface area (Å²) in [6.45, 7) is 0.613. The molecule has 0 radical (unpaired) electrons. The van der Waals surface area contributed by atoms with Crippen molar-refractivity contribution < 1.29 is 48.9 Å². The monoisotopic (exact) mass is 533 g/mol. The molecule has 0 aliphatic heterocycles. The number of carboxylic acids is 2. The molecule has 0 fully saturated rings. The van der Waals surface area contributed by atoms with Crippen LogP contribution in [0.1, 0.15) is 39.0 Å². The highest BCUT2D eigenvalue weighted by atomic mass is 16.4. The van der Waals surface area contributed by atoms with E-state index in [0.717, 1.165) is 6.92 Å². The van der Waals surface area contributed by atoms with Crippen molar-refractivity contribution in [1.82, 2.24) is 21.3 Å². The molecule has 17 nitrogen and oxygen atoms in total. The number of unbranched alkanes of at least 4 members (excludes halogenated alkanes) is 1. The first-order valence-corrected chi connectivity index (χ1v) is 11.2. The van der Waals surface area contributed by atoms with E-state index >= 15 is 0 Å². The van der Waals surface area contributed by atoms with Crippen LogP contribution < -0.4 is 38.5 Å². The Balaban J connectivity index is 5.60. The predicted octanol–water partition coefficient (Wildman–Crippen LogP) is -5.17. The molecule has 0 spiro atoms. The summed E-state index contributed by atoms with van der Waals surface area (Å²) in [6, 6.07) is -6.04. The van der Waals surface area contributed by atoms with E-state index in [1.807, 2.05) is 5.32 Å². The van der Waals surface area contributed by atoms with Gasteiger partial charge in [-0.3, -0.25) is 33.6 Å². The molecule has 0 aliphatic rings. The molecule has 0 aromatic rings. The van der Waals surface area contributed by atoms with Gasteiger partial charge in [0.15, 0.2) is 0 Å². The van der Waals surface area contributed by atoms with Crippen LogP contribution in [0.4, 0.5) is 0 Å². The second-order valence-electron chi connectivity index (χ2n) is 8.12. The van der Waals surface area contributed by atoms with Gasteiger partial charge >= 0.3 is 11.9 Å². The minimum atomic E-state index is -1.68. The quantitative estimate of drug-likeness (QED) is 0.0739. The number of nitrogens with two attached hydrogens (primary N) is 3. The van der Waals surface area contributed by atoms with Crippen molar-refractivity contribution in [3.8, 4) is 0 Å². The highest BCUT2D eigenvalue weighted by molar-refractivity contribution is 5.97. The first-order valence-electron chi connectivity index (χ1n) is 11.2. The molecule has 0 saturated carbocycles. The summed E-state index contributed by atoms with van der Waals surface area (Å²) >= 11 is 0. The molecular formula is C20H35N7O10. The van der Waals surface area contributed by atoms with E-state index in [1.54, 1.807) is 0 Å². The van der Waals surface area contributed by atoms with E-state index in [4.69, 9.17) is 27.4 Å². The molecule has 0 unspecified atom stereocenters. The second-order valence-corrected chi connectivity index (χ2v) is 8.12. The van der Waals surface area contributed by atoms with Crippen LogP contribution in [0.25, 0.3) is 0 Å². The first kappa shape index (κ1) is 33.2. The van der Waals surface area contributed by atoms with Crippen molar-refractivity contribution in [2.75, 3.05) is 13.1 Å². The van der Waals surface area contributed by atoms with Crippen LogP contribution in [0, 0.1) is 0 Å². The summed E-state index contributed by atoms with van der Waals surface area (Å²) in [7, 11) is 0. The number of aliphatic hydroxyl groups excluding tert-OH is 1. The van der Waals surface area contributed by atoms with Crippen LogP contribution in [0.2, 0.25) is 0 Å². The van der Waals surface area contributed by atoms with Crippen molar-refractivity contribution in [2.45, 2.75) is 69.3 Å². The molecule has 0 heterocycles. The Morgan fingerprint density at radius 1 is 0.784 bits per heavy atom. The number of aliphatic carboxylic acids is 2. The molecule has 0 saturated heterocycles. The average molecular weight is 534 g/mol. The topological polar surface area (TPSA) is 306 Å². The van der Waals surface area contributed by atoms with Crippen molar-refractivity contribution in [3.05, 3.63) is 0 Å². The van der Waals surface area contributed by atoms with Crippen LogP contribution in [-0.2, 0) is 33.6 Å². The standard InChI is InChI=1S/C20H35N7O10/c1-9(28)16(20(37)26-12(7-13(23)29)18(35)24-8-15(32)33)27-19(36)11(4-2-3-5-21)25-17(34)10(22)6-14(30)31/h9-12,16,28H,2-8,21-22H2,1H3,(H2,23,29)(H,24,35)(H,25,34)(H,26,37)(H,27,36)(H,30,31)(H,32,33)/t9-,10+,11+,12+,16+/m1/s1. The Bertz CT molecular complexity index is 851. The molecule has 5 atom stereocenters. The van der Waals surface area contributed by atoms with Gasteiger partial charge in [-0.2, -0.15) is 0 Å². The predicted molar refractivity (Wildman–Crippen MR) is 125 cm³/mol. The van der Waals surface area contributed by atoms with Gasteiger partial charge in [-0.15, -0.1) is 0 Å². The molecule has 210 valence electrons. The van der Waals surface area contributed by atoms with Crippen LogP contribution in [0.5, 0.6) is 0 Å². The Morgan fingerprint density at radius 2 is 1.38 bits per heavy atom. The van der Waals surface area contributed by atoms with E-state index in [9.17, 15) is 38.7 Å². The number of aliphatic hydroxyl groups is 1. The van der Waals surface area contributed by atoms with E-state index < -0.39 is 91.1 Å². The molecule has 17 heteroatoms. The molecular weight excluding hydrogens is 498 g/mol. The minimum Gasteiger partial charge on any atom is -0.481 e. The molecule has 0 aliphatic carbocycles. The third-order valence-electron chi connectivity index (χ3n) is 4.83. The number of carbonyl (C=O) groups is 7. The molecule has 0 aromatic heterocycles. The zero-order valence-electron chi connectivity index (χ0n) is 20.3. The van der Waals surface area contributed by atoms with Crippen molar-refractivity contribution in [1.29, 1.82) is 0 Å². The average Bonchev–Trinajstić information content (AvgIpc) is 2.78. The maximum absolute atomic E-state index is 12.9. The molecule has 13 N–H and O–H groups in total. The number of nitrogens with one attached hydrogen (secondary N) is 4. The smallest absolute Gasteiger partial charge is 0.322 e. The fourth-order valence-corrected chi connectivity index (χ4v) is 2.94. The lowest BCUT2D eigenvalue weighted by Crippen LogP contribution is -2.60. The summed E-state index contributed by atoms with van der Waals surface area (Å²) < 4.78 is 0. The normalized spacial score (nSPS) is 14.7. The van der Waals surface area contributed by atoms with Crippen molar-refractivity contribution in [3.63, 3.8) is 0 Å². The van der Waals surface area contributed by atoms with Crippen LogP contribution in [-0.4, -0.2) is 100 Å². The minimum absolute atomic E-state index is 0.0323. The van der Waals surface area contributed by atoms with Gasteiger partial charge in [0.25, 0.3) is 0 Å². The van der Waals surface area contributed by atoms with E-state index in [0.29, 0.717) is 12.8 Å². The van der Waals surface area contributed by atoms with Gasteiger partial charge in [0.1, 0.15) is 24.7 Å². The van der Waals surface area contributed by atoms with E-state index in [1.165, 1.54) is 0 Å². The van der Waals surface area contributed by atoms with Gasteiger partial charge in [-0.1, -0.05) is 0 Å². The van der Waals surface area contributed by atoms with Gasteiger partial charge in [-0.25, -0.2) is 0 Å². The fraction of sp³-hybridized carbons (Fsp3) is 0.650.